The summed E-state index contributed by atoms with van der Waals surface area (Å²) in [7, 11) is 0. The average molecular weight is 211 g/mol. The van der Waals surface area contributed by atoms with Crippen LogP contribution < -0.4 is 5.32 Å². The van der Waals surface area contributed by atoms with Gasteiger partial charge in [0.1, 0.15) is 0 Å². The van der Waals surface area contributed by atoms with Gasteiger partial charge in [-0.3, -0.25) is 0 Å². The zero-order valence-corrected chi connectivity index (χ0v) is 8.80. The standard InChI is InChI=1S/C14H13NO/c16-14-9-10-5-1-3-7-12(10)15-13-8-4-2-6-11(13)14/h1-9,12,14-16H/t12?,14-/m1/s1. The van der Waals surface area contributed by atoms with Crippen molar-refractivity contribution in [3.63, 3.8) is 0 Å². The van der Waals surface area contributed by atoms with Gasteiger partial charge < -0.3 is 10.4 Å². The normalized spacial score (nSPS) is 26.2. The zero-order valence-electron chi connectivity index (χ0n) is 8.80. The lowest BCUT2D eigenvalue weighted by Gasteiger charge is -2.18. The third-order valence-corrected chi connectivity index (χ3v) is 3.00. The molecule has 2 nitrogen and oxygen atoms in total. The van der Waals surface area contributed by atoms with Crippen LogP contribution in [-0.4, -0.2) is 11.1 Å². The van der Waals surface area contributed by atoms with Crippen molar-refractivity contribution in [1.82, 2.24) is 0 Å². The monoisotopic (exact) mass is 211 g/mol. The summed E-state index contributed by atoms with van der Waals surface area (Å²) < 4.78 is 0. The van der Waals surface area contributed by atoms with Crippen LogP contribution in [0.1, 0.15) is 11.7 Å². The number of aliphatic hydroxyl groups excluding tert-OH is 1. The largest absolute Gasteiger partial charge is 0.384 e. The van der Waals surface area contributed by atoms with Crippen LogP contribution in [0.3, 0.4) is 0 Å². The van der Waals surface area contributed by atoms with Crippen molar-refractivity contribution < 1.29 is 5.11 Å². The number of anilines is 1. The van der Waals surface area contributed by atoms with Gasteiger partial charge in [0, 0.05) is 11.3 Å². The number of allylic oxidation sites excluding steroid dienone is 2. The Morgan fingerprint density at radius 1 is 1.12 bits per heavy atom. The molecule has 80 valence electrons. The van der Waals surface area contributed by atoms with E-state index in [1.54, 1.807) is 0 Å². The van der Waals surface area contributed by atoms with Crippen molar-refractivity contribution in [2.24, 2.45) is 0 Å². The van der Waals surface area contributed by atoms with E-state index in [0.717, 1.165) is 16.8 Å². The molecule has 0 fully saturated rings. The van der Waals surface area contributed by atoms with E-state index in [9.17, 15) is 5.11 Å². The molecule has 0 amide bonds. The Kier molecular flexibility index (Phi) is 2.15. The van der Waals surface area contributed by atoms with Crippen LogP contribution in [0.2, 0.25) is 0 Å². The first-order chi connectivity index (χ1) is 7.84. The van der Waals surface area contributed by atoms with Crippen LogP contribution >= 0.6 is 0 Å². The number of nitrogens with one attached hydrogen (secondary N) is 1. The van der Waals surface area contributed by atoms with Gasteiger partial charge in [-0.1, -0.05) is 42.5 Å². The fourth-order valence-corrected chi connectivity index (χ4v) is 2.17. The Labute approximate surface area is 94.6 Å². The summed E-state index contributed by atoms with van der Waals surface area (Å²) in [6.45, 7) is 0. The van der Waals surface area contributed by atoms with Gasteiger partial charge in [-0.15, -0.1) is 0 Å². The summed E-state index contributed by atoms with van der Waals surface area (Å²) in [5.74, 6) is 0. The first kappa shape index (κ1) is 9.43. The fourth-order valence-electron chi connectivity index (χ4n) is 2.17. The van der Waals surface area contributed by atoms with Crippen LogP contribution in [0.15, 0.2) is 60.2 Å². The number of hydrogen-bond acceptors (Lipinski definition) is 2. The molecule has 0 saturated carbocycles. The van der Waals surface area contributed by atoms with Gasteiger partial charge >= 0.3 is 0 Å². The van der Waals surface area contributed by atoms with Crippen LogP contribution in [0.25, 0.3) is 0 Å². The second-order valence-electron chi connectivity index (χ2n) is 4.06. The van der Waals surface area contributed by atoms with Gasteiger partial charge in [-0.25, -0.2) is 0 Å². The number of aliphatic hydroxyl groups is 1. The Balaban J connectivity index is 2.10. The summed E-state index contributed by atoms with van der Waals surface area (Å²) in [5, 5.41) is 13.5. The molecule has 16 heavy (non-hydrogen) atoms. The quantitative estimate of drug-likeness (QED) is 0.691. The Bertz CT molecular complexity index is 499. The molecular formula is C14H13NO. The van der Waals surface area contributed by atoms with E-state index in [1.165, 1.54) is 0 Å². The van der Waals surface area contributed by atoms with Gasteiger partial charge in [-0.05, 0) is 17.7 Å². The molecule has 2 atom stereocenters. The van der Waals surface area contributed by atoms with Crippen LogP contribution in [0.4, 0.5) is 5.69 Å². The lowest BCUT2D eigenvalue weighted by Crippen LogP contribution is -2.19. The van der Waals surface area contributed by atoms with E-state index in [4.69, 9.17) is 0 Å². The maximum Gasteiger partial charge on any atom is 0.0998 e. The van der Waals surface area contributed by atoms with E-state index >= 15 is 0 Å². The molecule has 1 heterocycles. The van der Waals surface area contributed by atoms with Crippen molar-refractivity contribution in [3.05, 3.63) is 65.8 Å². The number of rotatable bonds is 0. The van der Waals surface area contributed by atoms with Crippen molar-refractivity contribution in [3.8, 4) is 0 Å². The molecule has 2 heteroatoms. The molecule has 0 radical (unpaired) electrons. The van der Waals surface area contributed by atoms with Gasteiger partial charge in [0.2, 0.25) is 0 Å². The first-order valence-electron chi connectivity index (χ1n) is 5.45. The molecule has 2 N–H and O–H groups in total. The maximum atomic E-state index is 10.1. The third kappa shape index (κ3) is 1.48. The maximum absolute atomic E-state index is 10.1. The second-order valence-corrected chi connectivity index (χ2v) is 4.06. The smallest absolute Gasteiger partial charge is 0.0998 e. The lowest BCUT2D eigenvalue weighted by molar-refractivity contribution is 0.229. The molecule has 0 saturated heterocycles. The van der Waals surface area contributed by atoms with E-state index < -0.39 is 6.10 Å². The highest BCUT2D eigenvalue weighted by molar-refractivity contribution is 5.60. The summed E-state index contributed by atoms with van der Waals surface area (Å²) in [6, 6.07) is 8.05. The van der Waals surface area contributed by atoms with E-state index in [-0.39, 0.29) is 6.04 Å². The topological polar surface area (TPSA) is 32.3 Å². The molecule has 0 aromatic heterocycles. The van der Waals surface area contributed by atoms with E-state index in [2.05, 4.69) is 11.4 Å². The minimum Gasteiger partial charge on any atom is -0.384 e. The first-order valence-corrected chi connectivity index (χ1v) is 5.45. The Hall–Kier alpha value is -1.80. The van der Waals surface area contributed by atoms with Gasteiger partial charge in [0.05, 0.1) is 12.1 Å². The van der Waals surface area contributed by atoms with Crippen LogP contribution in [0.5, 0.6) is 0 Å². The molecule has 1 aliphatic heterocycles. The number of hydrogen-bond donors (Lipinski definition) is 2. The van der Waals surface area contributed by atoms with E-state index in [0.29, 0.717) is 0 Å². The molecule has 1 aliphatic carbocycles. The minimum atomic E-state index is -0.528. The Morgan fingerprint density at radius 2 is 2.00 bits per heavy atom. The molecule has 0 spiro atoms. The highest BCUT2D eigenvalue weighted by Crippen LogP contribution is 2.31. The number of para-hydroxylation sites is 1. The van der Waals surface area contributed by atoms with Gasteiger partial charge in [0.25, 0.3) is 0 Å². The van der Waals surface area contributed by atoms with Crippen molar-refractivity contribution in [2.75, 3.05) is 5.32 Å². The minimum absolute atomic E-state index is 0.170. The number of benzene rings is 1. The van der Waals surface area contributed by atoms with Crippen molar-refractivity contribution >= 4 is 5.69 Å². The van der Waals surface area contributed by atoms with Gasteiger partial charge in [-0.2, -0.15) is 0 Å². The third-order valence-electron chi connectivity index (χ3n) is 3.00. The molecule has 3 rings (SSSR count). The summed E-state index contributed by atoms with van der Waals surface area (Å²) in [5.41, 5.74) is 3.06. The molecule has 0 bridgehead atoms. The van der Waals surface area contributed by atoms with Gasteiger partial charge in [0.15, 0.2) is 0 Å². The SMILES string of the molecule is O[C@@H]1C=C2C=CC=CC2Nc2ccccc21. The lowest BCUT2D eigenvalue weighted by atomic mass is 10.0. The molecule has 1 aromatic carbocycles. The predicted molar refractivity (Wildman–Crippen MR) is 65.2 cm³/mol. The number of fused-ring (bicyclic) bond motifs is 2. The zero-order chi connectivity index (χ0) is 11.0. The van der Waals surface area contributed by atoms with Crippen molar-refractivity contribution in [1.29, 1.82) is 0 Å². The Morgan fingerprint density at radius 3 is 2.94 bits per heavy atom. The predicted octanol–water partition coefficient (Wildman–Crippen LogP) is 2.57. The van der Waals surface area contributed by atoms with Crippen molar-refractivity contribution in [2.45, 2.75) is 12.1 Å². The molecule has 2 aliphatic rings. The molecular weight excluding hydrogens is 198 g/mol. The van der Waals surface area contributed by atoms with E-state index in [1.807, 2.05) is 48.6 Å². The fraction of sp³-hybridized carbons (Fsp3) is 0.143. The molecule has 1 unspecified atom stereocenters. The van der Waals surface area contributed by atoms with Crippen LogP contribution in [-0.2, 0) is 0 Å². The summed E-state index contributed by atoms with van der Waals surface area (Å²) >= 11 is 0. The summed E-state index contributed by atoms with van der Waals surface area (Å²) in [6.07, 6.45) is 9.53. The van der Waals surface area contributed by atoms with Crippen LogP contribution in [0, 0.1) is 0 Å². The second kappa shape index (κ2) is 3.65. The highest BCUT2D eigenvalue weighted by atomic mass is 16.3. The summed E-state index contributed by atoms with van der Waals surface area (Å²) in [4.78, 5) is 0. The molecule has 1 aromatic rings. The highest BCUT2D eigenvalue weighted by Gasteiger charge is 2.20. The average Bonchev–Trinajstić information content (AvgIpc) is 2.45.